The first-order chi connectivity index (χ1) is 14.9. The lowest BCUT2D eigenvalue weighted by Gasteiger charge is -2.32. The van der Waals surface area contributed by atoms with Gasteiger partial charge in [0, 0.05) is 19.1 Å². The van der Waals surface area contributed by atoms with Gasteiger partial charge in [-0.05, 0) is 49.1 Å². The number of halogens is 1. The number of rotatable bonds is 5. The average Bonchev–Trinajstić information content (AvgIpc) is 3.26. The van der Waals surface area contributed by atoms with Crippen LogP contribution in [0.3, 0.4) is 0 Å². The molecule has 0 bridgehead atoms. The minimum Gasteiger partial charge on any atom is -0.474 e. The SMILES string of the molecule is CC1COc2nc(C(=O)NCC3CCOC3)c(Cc3ccc(F)cc3)cc2N1C(=O)O. The van der Waals surface area contributed by atoms with Gasteiger partial charge in [0.25, 0.3) is 5.91 Å². The average molecular weight is 429 g/mol. The molecule has 3 heterocycles. The van der Waals surface area contributed by atoms with Crippen molar-refractivity contribution >= 4 is 17.7 Å². The number of aromatic nitrogens is 1. The molecule has 4 rings (SSSR count). The summed E-state index contributed by atoms with van der Waals surface area (Å²) in [6.07, 6.45) is 0.0529. The first kappa shape index (κ1) is 21.0. The molecular formula is C22H24FN3O5. The van der Waals surface area contributed by atoms with Gasteiger partial charge in [0.1, 0.15) is 23.8 Å². The summed E-state index contributed by atoms with van der Waals surface area (Å²) in [5.41, 5.74) is 1.77. The van der Waals surface area contributed by atoms with Crippen molar-refractivity contribution in [3.8, 4) is 5.88 Å². The largest absolute Gasteiger partial charge is 0.474 e. The van der Waals surface area contributed by atoms with E-state index in [9.17, 15) is 19.1 Å². The van der Waals surface area contributed by atoms with Crippen LogP contribution in [0.15, 0.2) is 30.3 Å². The number of hydrogen-bond acceptors (Lipinski definition) is 5. The summed E-state index contributed by atoms with van der Waals surface area (Å²) < 4.78 is 24.3. The third kappa shape index (κ3) is 4.61. The molecule has 1 aromatic heterocycles. The maximum absolute atomic E-state index is 13.3. The van der Waals surface area contributed by atoms with Crippen molar-refractivity contribution < 1.29 is 28.6 Å². The topological polar surface area (TPSA) is 101 Å². The molecule has 0 saturated carbocycles. The third-order valence-corrected chi connectivity index (χ3v) is 5.51. The summed E-state index contributed by atoms with van der Waals surface area (Å²) in [7, 11) is 0. The second-order valence-electron chi connectivity index (χ2n) is 7.88. The fraction of sp³-hybridized carbons (Fsp3) is 0.409. The monoisotopic (exact) mass is 429 g/mol. The minimum absolute atomic E-state index is 0.109. The van der Waals surface area contributed by atoms with Crippen LogP contribution >= 0.6 is 0 Å². The number of anilines is 1. The highest BCUT2D eigenvalue weighted by Crippen LogP contribution is 2.35. The first-order valence-electron chi connectivity index (χ1n) is 10.2. The molecule has 2 atom stereocenters. The van der Waals surface area contributed by atoms with Crippen molar-refractivity contribution in [1.82, 2.24) is 10.3 Å². The number of fused-ring (bicyclic) bond motifs is 1. The van der Waals surface area contributed by atoms with Gasteiger partial charge in [-0.3, -0.25) is 9.69 Å². The molecule has 1 saturated heterocycles. The predicted molar refractivity (Wildman–Crippen MR) is 110 cm³/mol. The number of carboxylic acid groups (broad SMARTS) is 1. The molecule has 2 N–H and O–H groups in total. The molecule has 2 aliphatic heterocycles. The lowest BCUT2D eigenvalue weighted by Crippen LogP contribution is -2.45. The van der Waals surface area contributed by atoms with Crippen molar-refractivity contribution in [3.05, 3.63) is 53.0 Å². The van der Waals surface area contributed by atoms with Gasteiger partial charge in [0.15, 0.2) is 0 Å². The molecule has 164 valence electrons. The van der Waals surface area contributed by atoms with E-state index in [-0.39, 0.29) is 42.2 Å². The normalized spacial score (nSPS) is 20.1. The van der Waals surface area contributed by atoms with E-state index in [2.05, 4.69) is 10.3 Å². The van der Waals surface area contributed by atoms with Crippen LogP contribution in [0.1, 0.15) is 35.0 Å². The lowest BCUT2D eigenvalue weighted by atomic mass is 10.0. The summed E-state index contributed by atoms with van der Waals surface area (Å²) in [6, 6.07) is 7.17. The van der Waals surface area contributed by atoms with E-state index in [1.165, 1.54) is 17.0 Å². The molecule has 2 aromatic rings. The van der Waals surface area contributed by atoms with E-state index in [0.717, 1.165) is 12.0 Å². The van der Waals surface area contributed by atoms with Crippen molar-refractivity contribution in [2.45, 2.75) is 25.8 Å². The predicted octanol–water partition coefficient (Wildman–Crippen LogP) is 2.84. The number of nitrogens with one attached hydrogen (secondary N) is 1. The smallest absolute Gasteiger partial charge is 0.412 e. The maximum Gasteiger partial charge on any atom is 0.412 e. The second-order valence-corrected chi connectivity index (χ2v) is 7.88. The summed E-state index contributed by atoms with van der Waals surface area (Å²) >= 11 is 0. The van der Waals surface area contributed by atoms with E-state index >= 15 is 0 Å². The van der Waals surface area contributed by atoms with Crippen LogP contribution in [-0.4, -0.2) is 54.5 Å². The fourth-order valence-corrected chi connectivity index (χ4v) is 3.83. The number of amides is 2. The van der Waals surface area contributed by atoms with E-state index in [0.29, 0.717) is 31.0 Å². The Morgan fingerprint density at radius 1 is 1.29 bits per heavy atom. The molecule has 1 aromatic carbocycles. The Morgan fingerprint density at radius 3 is 2.74 bits per heavy atom. The minimum atomic E-state index is -1.12. The van der Waals surface area contributed by atoms with Crippen LogP contribution in [-0.2, 0) is 11.2 Å². The van der Waals surface area contributed by atoms with Gasteiger partial charge < -0.3 is 19.9 Å². The highest BCUT2D eigenvalue weighted by atomic mass is 19.1. The lowest BCUT2D eigenvalue weighted by molar-refractivity contribution is 0.0937. The van der Waals surface area contributed by atoms with Gasteiger partial charge in [-0.1, -0.05) is 12.1 Å². The molecule has 2 amide bonds. The van der Waals surface area contributed by atoms with Gasteiger partial charge in [-0.2, -0.15) is 0 Å². The molecule has 2 unspecified atom stereocenters. The molecule has 8 nitrogen and oxygen atoms in total. The number of pyridine rings is 1. The van der Waals surface area contributed by atoms with E-state index < -0.39 is 12.1 Å². The Hall–Kier alpha value is -3.20. The Kier molecular flexibility index (Phi) is 6.03. The molecule has 0 radical (unpaired) electrons. The van der Waals surface area contributed by atoms with Crippen LogP contribution in [0.2, 0.25) is 0 Å². The fourth-order valence-electron chi connectivity index (χ4n) is 3.83. The number of carbonyl (C=O) groups is 2. The highest BCUT2D eigenvalue weighted by molar-refractivity contribution is 5.96. The first-order valence-corrected chi connectivity index (χ1v) is 10.2. The van der Waals surface area contributed by atoms with Gasteiger partial charge in [0.05, 0.1) is 12.6 Å². The van der Waals surface area contributed by atoms with E-state index in [1.807, 2.05) is 0 Å². The quantitative estimate of drug-likeness (QED) is 0.758. The van der Waals surface area contributed by atoms with Crippen molar-refractivity contribution in [2.24, 2.45) is 5.92 Å². The molecule has 2 aliphatic rings. The standard InChI is InChI=1S/C22H24FN3O5/c1-13-11-31-21-18(26(13)22(28)29)9-16(8-14-2-4-17(23)5-3-14)19(25-21)20(27)24-10-15-6-7-30-12-15/h2-5,9,13,15H,6-8,10-12H2,1H3,(H,24,27)(H,28,29). The van der Waals surface area contributed by atoms with Crippen molar-refractivity contribution in [3.63, 3.8) is 0 Å². The van der Waals surface area contributed by atoms with Crippen LogP contribution < -0.4 is 15.0 Å². The van der Waals surface area contributed by atoms with Crippen LogP contribution in [0, 0.1) is 11.7 Å². The Labute approximate surface area is 179 Å². The Bertz CT molecular complexity index is 976. The molecule has 0 aliphatic carbocycles. The number of ether oxygens (including phenoxy) is 2. The van der Waals surface area contributed by atoms with Gasteiger partial charge in [-0.15, -0.1) is 0 Å². The second kappa shape index (κ2) is 8.89. The Balaban J connectivity index is 1.68. The summed E-state index contributed by atoms with van der Waals surface area (Å²) in [4.78, 5) is 30.4. The molecule has 31 heavy (non-hydrogen) atoms. The highest BCUT2D eigenvalue weighted by Gasteiger charge is 2.32. The van der Waals surface area contributed by atoms with Gasteiger partial charge in [0.2, 0.25) is 5.88 Å². The number of benzene rings is 1. The Morgan fingerprint density at radius 2 is 2.06 bits per heavy atom. The molecule has 0 spiro atoms. The summed E-state index contributed by atoms with van der Waals surface area (Å²) in [6.45, 7) is 3.64. The number of carbonyl (C=O) groups excluding carboxylic acids is 1. The zero-order valence-electron chi connectivity index (χ0n) is 17.1. The molecule has 1 fully saturated rings. The maximum atomic E-state index is 13.3. The zero-order chi connectivity index (χ0) is 22.0. The van der Waals surface area contributed by atoms with Crippen LogP contribution in [0.25, 0.3) is 0 Å². The van der Waals surface area contributed by atoms with E-state index in [1.54, 1.807) is 25.1 Å². The summed E-state index contributed by atoms with van der Waals surface area (Å²) in [5.74, 6) is -0.362. The van der Waals surface area contributed by atoms with Crippen molar-refractivity contribution in [2.75, 3.05) is 31.3 Å². The third-order valence-electron chi connectivity index (χ3n) is 5.51. The summed E-state index contributed by atoms with van der Waals surface area (Å²) in [5, 5.41) is 12.6. The molecular weight excluding hydrogens is 405 g/mol. The van der Waals surface area contributed by atoms with Crippen LogP contribution in [0.5, 0.6) is 5.88 Å². The van der Waals surface area contributed by atoms with E-state index in [4.69, 9.17) is 9.47 Å². The molecule has 9 heteroatoms. The van der Waals surface area contributed by atoms with Crippen molar-refractivity contribution in [1.29, 1.82) is 0 Å². The van der Waals surface area contributed by atoms with Crippen LogP contribution in [0.4, 0.5) is 14.9 Å². The number of nitrogens with zero attached hydrogens (tertiary/aromatic N) is 2. The van der Waals surface area contributed by atoms with Gasteiger partial charge >= 0.3 is 6.09 Å². The number of hydrogen-bond donors (Lipinski definition) is 2. The zero-order valence-corrected chi connectivity index (χ0v) is 17.1. The van der Waals surface area contributed by atoms with Gasteiger partial charge in [-0.25, -0.2) is 14.2 Å².